The van der Waals surface area contributed by atoms with Crippen molar-refractivity contribution in [3.8, 4) is 23.4 Å². The van der Waals surface area contributed by atoms with Crippen molar-refractivity contribution in [2.24, 2.45) is 0 Å². The lowest BCUT2D eigenvalue weighted by Crippen LogP contribution is -2.17. The molecule has 0 aliphatic carbocycles. The summed E-state index contributed by atoms with van der Waals surface area (Å²) in [5.41, 5.74) is 3.09. The van der Waals surface area contributed by atoms with Gasteiger partial charge in [0.15, 0.2) is 17.4 Å². The van der Waals surface area contributed by atoms with Crippen molar-refractivity contribution in [3.63, 3.8) is 0 Å². The van der Waals surface area contributed by atoms with Crippen LogP contribution in [0.4, 0.5) is 5.82 Å². The smallest absolute Gasteiger partial charge is 0.226 e. The van der Waals surface area contributed by atoms with Crippen LogP contribution >= 0.6 is 0 Å². The lowest BCUT2D eigenvalue weighted by atomic mass is 10.0. The minimum atomic E-state index is -0.427. The molecule has 0 unspecified atom stereocenters. The number of amides is 1. The van der Waals surface area contributed by atoms with Gasteiger partial charge in [-0.3, -0.25) is 9.59 Å². The van der Waals surface area contributed by atoms with Gasteiger partial charge in [0.25, 0.3) is 0 Å². The monoisotopic (exact) mass is 483 g/mol. The van der Waals surface area contributed by atoms with Crippen molar-refractivity contribution in [2.45, 2.75) is 26.7 Å². The molecule has 2 aromatic carbocycles. The van der Waals surface area contributed by atoms with Crippen LogP contribution in [0.5, 0.6) is 11.5 Å². The van der Waals surface area contributed by atoms with Crippen LogP contribution in [0.15, 0.2) is 48.7 Å². The molecule has 4 aromatic rings. The molecule has 0 aliphatic rings. The number of pyridine rings is 1. The van der Waals surface area contributed by atoms with E-state index in [0.29, 0.717) is 28.4 Å². The van der Waals surface area contributed by atoms with Crippen LogP contribution in [0.1, 0.15) is 39.9 Å². The molecule has 9 nitrogen and oxygen atoms in total. The van der Waals surface area contributed by atoms with Gasteiger partial charge in [0.2, 0.25) is 5.91 Å². The highest BCUT2D eigenvalue weighted by molar-refractivity contribution is 6.02. The maximum absolute atomic E-state index is 12.8. The van der Waals surface area contributed by atoms with Crippen LogP contribution in [-0.4, -0.2) is 40.7 Å². The first-order chi connectivity index (χ1) is 17.4. The van der Waals surface area contributed by atoms with E-state index in [1.54, 1.807) is 19.2 Å². The van der Waals surface area contributed by atoms with Gasteiger partial charge in [0.05, 0.1) is 26.0 Å². The normalized spacial score (nSPS) is 10.6. The Bertz CT molecular complexity index is 1520. The number of hydrogen-bond acceptors (Lipinski definition) is 7. The second-order valence-corrected chi connectivity index (χ2v) is 8.26. The second kappa shape index (κ2) is 10.3. The molecule has 0 bridgehead atoms. The first-order valence-corrected chi connectivity index (χ1v) is 11.3. The van der Waals surface area contributed by atoms with Gasteiger partial charge < -0.3 is 14.8 Å². The molecule has 182 valence electrons. The summed E-state index contributed by atoms with van der Waals surface area (Å²) in [5.74, 6) is 1.03. The maximum Gasteiger partial charge on any atom is 0.226 e. The number of anilines is 1. The Morgan fingerprint density at radius 1 is 1.06 bits per heavy atom. The number of nitriles is 1. The largest absolute Gasteiger partial charge is 0.496 e. The summed E-state index contributed by atoms with van der Waals surface area (Å²) in [7, 11) is 3.07. The third kappa shape index (κ3) is 4.74. The number of nitrogens with one attached hydrogen (secondary N) is 1. The number of rotatable bonds is 8. The van der Waals surface area contributed by atoms with Crippen LogP contribution in [-0.2, 0) is 4.79 Å². The number of benzene rings is 2. The zero-order valence-corrected chi connectivity index (χ0v) is 20.5. The standard InChI is InChI=1S/C27H25N5O4/c1-16-8-10-22(35-3)20(12-16)21(33)9-11-25(34)31-27-18(14-28)15-29-32(27)24-13-17(2)19-6-5-7-23(36-4)26(19)30-24/h5-8,10,12-13,15H,9,11H2,1-4H3,(H,31,34). The molecule has 0 fully saturated rings. The van der Waals surface area contributed by atoms with E-state index in [4.69, 9.17) is 9.47 Å². The Balaban J connectivity index is 1.59. The van der Waals surface area contributed by atoms with E-state index in [1.165, 1.54) is 18.0 Å². The number of methoxy groups -OCH3 is 2. The van der Waals surface area contributed by atoms with E-state index in [0.717, 1.165) is 16.5 Å². The zero-order chi connectivity index (χ0) is 25.8. The average Bonchev–Trinajstić information content (AvgIpc) is 3.29. The number of para-hydroxylation sites is 1. The predicted molar refractivity (Wildman–Crippen MR) is 135 cm³/mol. The third-order valence-corrected chi connectivity index (χ3v) is 5.81. The van der Waals surface area contributed by atoms with Gasteiger partial charge in [-0.1, -0.05) is 23.8 Å². The van der Waals surface area contributed by atoms with Crippen molar-refractivity contribution in [3.05, 3.63) is 70.9 Å². The average molecular weight is 484 g/mol. The fourth-order valence-electron chi connectivity index (χ4n) is 3.97. The van der Waals surface area contributed by atoms with Crippen LogP contribution in [0.25, 0.3) is 16.7 Å². The van der Waals surface area contributed by atoms with Crippen molar-refractivity contribution in [1.82, 2.24) is 14.8 Å². The fraction of sp³-hybridized carbons (Fsp3) is 0.222. The molecule has 0 radical (unpaired) electrons. The molecule has 0 saturated carbocycles. The zero-order valence-electron chi connectivity index (χ0n) is 20.5. The summed E-state index contributed by atoms with van der Waals surface area (Å²) < 4.78 is 12.1. The molecule has 0 atom stereocenters. The third-order valence-electron chi connectivity index (χ3n) is 5.81. The molecule has 0 saturated heterocycles. The number of ketones is 1. The molecular formula is C27H25N5O4. The summed E-state index contributed by atoms with van der Waals surface area (Å²) in [6.07, 6.45) is 1.26. The number of aromatic nitrogens is 3. The van der Waals surface area contributed by atoms with E-state index in [1.807, 2.05) is 50.2 Å². The van der Waals surface area contributed by atoms with Crippen molar-refractivity contribution in [1.29, 1.82) is 5.26 Å². The molecule has 9 heteroatoms. The highest BCUT2D eigenvalue weighted by atomic mass is 16.5. The molecule has 2 aromatic heterocycles. The molecule has 4 rings (SSSR count). The minimum Gasteiger partial charge on any atom is -0.496 e. The second-order valence-electron chi connectivity index (χ2n) is 8.26. The van der Waals surface area contributed by atoms with Gasteiger partial charge in [-0.25, -0.2) is 4.98 Å². The van der Waals surface area contributed by atoms with Crippen LogP contribution in [0, 0.1) is 25.2 Å². The maximum atomic E-state index is 12.8. The van der Waals surface area contributed by atoms with Crippen LogP contribution < -0.4 is 14.8 Å². The Morgan fingerprint density at radius 2 is 1.83 bits per heavy atom. The SMILES string of the molecule is COc1ccc(C)cc1C(=O)CCC(=O)Nc1c(C#N)cnn1-c1cc(C)c2cccc(OC)c2n1. The molecule has 0 aliphatic heterocycles. The highest BCUT2D eigenvalue weighted by Gasteiger charge is 2.19. The number of carbonyl (C=O) groups excluding carboxylic acids is 2. The summed E-state index contributed by atoms with van der Waals surface area (Å²) >= 11 is 0. The van der Waals surface area contributed by atoms with Crippen LogP contribution in [0.3, 0.4) is 0 Å². The van der Waals surface area contributed by atoms with Gasteiger partial charge in [0, 0.05) is 18.2 Å². The van der Waals surface area contributed by atoms with Crippen molar-refractivity contribution < 1.29 is 19.1 Å². The molecule has 2 heterocycles. The van der Waals surface area contributed by atoms with E-state index in [9.17, 15) is 14.9 Å². The lowest BCUT2D eigenvalue weighted by molar-refractivity contribution is -0.116. The number of hydrogen-bond donors (Lipinski definition) is 1. The predicted octanol–water partition coefficient (Wildman–Crippen LogP) is 4.53. The van der Waals surface area contributed by atoms with Crippen LogP contribution in [0.2, 0.25) is 0 Å². The molecule has 36 heavy (non-hydrogen) atoms. The number of nitrogens with zero attached hydrogens (tertiary/aromatic N) is 4. The summed E-state index contributed by atoms with van der Waals surface area (Å²) in [5, 5.41) is 17.5. The van der Waals surface area contributed by atoms with E-state index in [-0.39, 0.29) is 30.0 Å². The van der Waals surface area contributed by atoms with Gasteiger partial charge in [0.1, 0.15) is 28.6 Å². The number of Topliss-reactive ketones (excluding diaryl/α,β-unsaturated/α-hetero) is 1. The topological polar surface area (TPSA) is 119 Å². The fourth-order valence-corrected chi connectivity index (χ4v) is 3.97. The van der Waals surface area contributed by atoms with Gasteiger partial charge in [-0.05, 0) is 43.7 Å². The van der Waals surface area contributed by atoms with E-state index >= 15 is 0 Å². The molecule has 1 N–H and O–H groups in total. The Kier molecular flexibility index (Phi) is 6.97. The first kappa shape index (κ1) is 24.4. The molecular weight excluding hydrogens is 458 g/mol. The Hall–Kier alpha value is -4.71. The minimum absolute atomic E-state index is 0.0216. The van der Waals surface area contributed by atoms with Crippen molar-refractivity contribution >= 4 is 28.4 Å². The van der Waals surface area contributed by atoms with E-state index in [2.05, 4.69) is 15.4 Å². The van der Waals surface area contributed by atoms with Crippen molar-refractivity contribution in [2.75, 3.05) is 19.5 Å². The van der Waals surface area contributed by atoms with Gasteiger partial charge in [-0.15, -0.1) is 0 Å². The lowest BCUT2D eigenvalue weighted by Gasteiger charge is -2.13. The Morgan fingerprint density at radius 3 is 2.56 bits per heavy atom. The number of aryl methyl sites for hydroxylation is 2. The highest BCUT2D eigenvalue weighted by Crippen LogP contribution is 2.29. The number of ether oxygens (including phenoxy) is 2. The number of carbonyl (C=O) groups is 2. The molecule has 1 amide bonds. The quantitative estimate of drug-likeness (QED) is 0.366. The van der Waals surface area contributed by atoms with E-state index < -0.39 is 5.91 Å². The summed E-state index contributed by atoms with van der Waals surface area (Å²) in [4.78, 5) is 30.3. The number of fused-ring (bicyclic) bond motifs is 1. The molecule has 0 spiro atoms. The van der Waals surface area contributed by atoms with Gasteiger partial charge in [-0.2, -0.15) is 15.0 Å². The Labute approximate surface area is 208 Å². The summed E-state index contributed by atoms with van der Waals surface area (Å²) in [6, 6.07) is 14.8. The van der Waals surface area contributed by atoms with Gasteiger partial charge >= 0.3 is 0 Å². The first-order valence-electron chi connectivity index (χ1n) is 11.3. The summed E-state index contributed by atoms with van der Waals surface area (Å²) in [6.45, 7) is 3.82.